The summed E-state index contributed by atoms with van der Waals surface area (Å²) in [5, 5.41) is 13.2. The van der Waals surface area contributed by atoms with Gasteiger partial charge in [-0.25, -0.2) is 8.42 Å². The minimum atomic E-state index is -4.03. The third-order valence-electron chi connectivity index (χ3n) is 3.58. The number of halogens is 2. The molecule has 2 aromatic rings. The molecule has 10 nitrogen and oxygen atoms in total. The van der Waals surface area contributed by atoms with Crippen LogP contribution in [0.2, 0.25) is 5.02 Å². The van der Waals surface area contributed by atoms with Gasteiger partial charge in [-0.3, -0.25) is 19.7 Å². The van der Waals surface area contributed by atoms with E-state index < -0.39 is 51.0 Å². The summed E-state index contributed by atoms with van der Waals surface area (Å²) in [4.78, 5) is 33.4. The van der Waals surface area contributed by atoms with Gasteiger partial charge in [0.05, 0.1) is 9.82 Å². The first-order valence-corrected chi connectivity index (χ1v) is 10.0. The van der Waals surface area contributed by atoms with E-state index >= 15 is 0 Å². The summed E-state index contributed by atoms with van der Waals surface area (Å²) >= 11 is 5.70. The molecule has 0 radical (unpaired) electrons. The van der Waals surface area contributed by atoms with E-state index in [4.69, 9.17) is 16.3 Å². The Bertz CT molecular complexity index is 1080. The second-order valence-corrected chi connectivity index (χ2v) is 8.03. The fourth-order valence-electron chi connectivity index (χ4n) is 2.15. The maximum absolute atomic E-state index is 13.3. The standard InChI is InChI=1S/C17H15ClFN3O7S/c1-10(21-30(27,28)13-5-2-11(18)3-6-13)17(24)29-9-16(23)20-12-4-7-14(19)15(8-12)22(25)26/h2-8,10,21H,9H2,1H3,(H,20,23)/t10-/m0/s1. The molecule has 0 spiro atoms. The Kier molecular flexibility index (Phi) is 7.43. The molecule has 2 N–H and O–H groups in total. The molecule has 0 aliphatic rings. The summed E-state index contributed by atoms with van der Waals surface area (Å²) in [6, 6.07) is 6.60. The number of hydrogen-bond acceptors (Lipinski definition) is 7. The van der Waals surface area contributed by atoms with Gasteiger partial charge in [0, 0.05) is 16.8 Å². The average molecular weight is 460 g/mol. The number of nitrogens with zero attached hydrogens (tertiary/aromatic N) is 1. The van der Waals surface area contributed by atoms with Gasteiger partial charge in [-0.1, -0.05) is 11.6 Å². The Balaban J connectivity index is 1.91. The molecule has 0 bridgehead atoms. The van der Waals surface area contributed by atoms with E-state index in [0.717, 1.165) is 18.2 Å². The van der Waals surface area contributed by atoms with E-state index in [0.29, 0.717) is 5.02 Å². The highest BCUT2D eigenvalue weighted by molar-refractivity contribution is 7.89. The highest BCUT2D eigenvalue weighted by Crippen LogP contribution is 2.21. The number of benzene rings is 2. The van der Waals surface area contributed by atoms with Crippen LogP contribution < -0.4 is 10.0 Å². The van der Waals surface area contributed by atoms with E-state index in [1.54, 1.807) is 0 Å². The number of rotatable bonds is 8. The number of nitrogens with one attached hydrogen (secondary N) is 2. The van der Waals surface area contributed by atoms with Gasteiger partial charge < -0.3 is 10.1 Å². The van der Waals surface area contributed by atoms with Crippen molar-refractivity contribution in [3.8, 4) is 0 Å². The van der Waals surface area contributed by atoms with Crippen LogP contribution in [0.15, 0.2) is 47.4 Å². The van der Waals surface area contributed by atoms with Crippen molar-refractivity contribution in [1.29, 1.82) is 0 Å². The van der Waals surface area contributed by atoms with E-state index in [1.807, 2.05) is 0 Å². The minimum absolute atomic E-state index is 0.0827. The quantitative estimate of drug-likeness (QED) is 0.349. The van der Waals surface area contributed by atoms with E-state index in [-0.39, 0.29) is 10.6 Å². The third-order valence-corrected chi connectivity index (χ3v) is 5.39. The molecule has 0 saturated heterocycles. The number of anilines is 1. The summed E-state index contributed by atoms with van der Waals surface area (Å²) in [5.74, 6) is -2.98. The molecular formula is C17H15ClFN3O7S. The molecule has 0 saturated carbocycles. The summed E-state index contributed by atoms with van der Waals surface area (Å²) in [7, 11) is -4.03. The largest absolute Gasteiger partial charge is 0.454 e. The van der Waals surface area contributed by atoms with Gasteiger partial charge in [0.25, 0.3) is 5.91 Å². The number of esters is 1. The van der Waals surface area contributed by atoms with Crippen LogP contribution >= 0.6 is 11.6 Å². The summed E-state index contributed by atoms with van der Waals surface area (Å²) < 4.78 is 44.6. The van der Waals surface area contributed by atoms with Gasteiger partial charge in [0.2, 0.25) is 15.8 Å². The van der Waals surface area contributed by atoms with Crippen LogP contribution in [-0.4, -0.2) is 37.9 Å². The van der Waals surface area contributed by atoms with E-state index in [1.165, 1.54) is 31.2 Å². The normalized spacial score (nSPS) is 12.1. The molecule has 2 aromatic carbocycles. The van der Waals surface area contributed by atoms with Crippen molar-refractivity contribution in [2.45, 2.75) is 17.9 Å². The van der Waals surface area contributed by atoms with Gasteiger partial charge in [0.15, 0.2) is 6.61 Å². The zero-order valence-corrected chi connectivity index (χ0v) is 16.9. The second-order valence-electron chi connectivity index (χ2n) is 5.88. The topological polar surface area (TPSA) is 145 Å². The van der Waals surface area contributed by atoms with Gasteiger partial charge in [-0.15, -0.1) is 0 Å². The first-order valence-electron chi connectivity index (χ1n) is 8.18. The molecule has 2 rings (SSSR count). The lowest BCUT2D eigenvalue weighted by molar-refractivity contribution is -0.387. The molecular weight excluding hydrogens is 445 g/mol. The highest BCUT2D eigenvalue weighted by Gasteiger charge is 2.24. The second kappa shape index (κ2) is 9.61. The van der Waals surface area contributed by atoms with Crippen molar-refractivity contribution in [2.75, 3.05) is 11.9 Å². The molecule has 160 valence electrons. The third kappa shape index (κ3) is 6.20. The lowest BCUT2D eigenvalue weighted by Gasteiger charge is -2.14. The van der Waals surface area contributed by atoms with E-state index in [9.17, 15) is 32.5 Å². The van der Waals surface area contributed by atoms with Crippen molar-refractivity contribution < 1.29 is 32.1 Å². The van der Waals surface area contributed by atoms with Gasteiger partial charge >= 0.3 is 11.7 Å². The molecule has 30 heavy (non-hydrogen) atoms. The average Bonchev–Trinajstić information content (AvgIpc) is 2.67. The molecule has 0 aliphatic heterocycles. The van der Waals surface area contributed by atoms with Crippen LogP contribution in [0.1, 0.15) is 6.92 Å². The van der Waals surface area contributed by atoms with Crippen molar-refractivity contribution in [2.24, 2.45) is 0 Å². The number of nitro groups is 1. The fourth-order valence-corrected chi connectivity index (χ4v) is 3.47. The first kappa shape index (κ1) is 23.2. The predicted molar refractivity (Wildman–Crippen MR) is 104 cm³/mol. The highest BCUT2D eigenvalue weighted by atomic mass is 35.5. The van der Waals surface area contributed by atoms with Crippen LogP contribution in [-0.2, 0) is 24.3 Å². The Morgan fingerprint density at radius 1 is 1.23 bits per heavy atom. The number of nitro benzene ring substituents is 1. The SMILES string of the molecule is C[C@H](NS(=O)(=O)c1ccc(Cl)cc1)C(=O)OCC(=O)Nc1ccc(F)c([N+](=O)[O-])c1. The molecule has 0 heterocycles. The number of ether oxygens (including phenoxy) is 1. The Morgan fingerprint density at radius 2 is 1.87 bits per heavy atom. The molecule has 13 heteroatoms. The zero-order chi connectivity index (χ0) is 22.5. The van der Waals surface area contributed by atoms with Crippen molar-refractivity contribution in [1.82, 2.24) is 4.72 Å². The molecule has 0 fully saturated rings. The number of amides is 1. The Labute approximate surface area is 175 Å². The van der Waals surface area contributed by atoms with Crippen molar-refractivity contribution in [3.05, 3.63) is 63.4 Å². The number of carbonyl (C=O) groups excluding carboxylic acids is 2. The van der Waals surface area contributed by atoms with Crippen LogP contribution in [0, 0.1) is 15.9 Å². The van der Waals surface area contributed by atoms with Crippen molar-refractivity contribution in [3.63, 3.8) is 0 Å². The lowest BCUT2D eigenvalue weighted by Crippen LogP contribution is -2.40. The van der Waals surface area contributed by atoms with Crippen molar-refractivity contribution >= 4 is 44.9 Å². The minimum Gasteiger partial charge on any atom is -0.454 e. The van der Waals surface area contributed by atoms with Gasteiger partial charge in [-0.2, -0.15) is 9.11 Å². The Hall–Kier alpha value is -3.09. The zero-order valence-electron chi connectivity index (χ0n) is 15.3. The predicted octanol–water partition coefficient (Wildman–Crippen LogP) is 2.24. The molecule has 1 atom stereocenters. The number of sulfonamides is 1. The van der Waals surface area contributed by atoms with Gasteiger partial charge in [0.1, 0.15) is 6.04 Å². The molecule has 1 amide bonds. The van der Waals surface area contributed by atoms with Gasteiger partial charge in [-0.05, 0) is 43.3 Å². The van der Waals surface area contributed by atoms with Crippen LogP contribution in [0.25, 0.3) is 0 Å². The number of carbonyl (C=O) groups is 2. The fraction of sp³-hybridized carbons (Fsp3) is 0.176. The van der Waals surface area contributed by atoms with Crippen LogP contribution in [0.5, 0.6) is 0 Å². The summed E-state index contributed by atoms with van der Waals surface area (Å²) in [5.41, 5.74) is -0.921. The maximum atomic E-state index is 13.3. The monoisotopic (exact) mass is 459 g/mol. The summed E-state index contributed by atoms with van der Waals surface area (Å²) in [6.07, 6.45) is 0. The molecule has 0 aromatic heterocycles. The Morgan fingerprint density at radius 3 is 2.47 bits per heavy atom. The maximum Gasteiger partial charge on any atom is 0.324 e. The molecule has 0 unspecified atom stereocenters. The first-order chi connectivity index (χ1) is 14.0. The van der Waals surface area contributed by atoms with Crippen LogP contribution in [0.3, 0.4) is 0 Å². The van der Waals surface area contributed by atoms with E-state index in [2.05, 4.69) is 10.0 Å². The number of hydrogen-bond donors (Lipinski definition) is 2. The molecule has 0 aliphatic carbocycles. The summed E-state index contributed by atoms with van der Waals surface area (Å²) in [6.45, 7) is 0.425. The lowest BCUT2D eigenvalue weighted by atomic mass is 10.2. The smallest absolute Gasteiger partial charge is 0.324 e. The van der Waals surface area contributed by atoms with Crippen LogP contribution in [0.4, 0.5) is 15.8 Å².